The van der Waals surface area contributed by atoms with Gasteiger partial charge in [0, 0.05) is 45.7 Å². The van der Waals surface area contributed by atoms with Crippen LogP contribution in [0.3, 0.4) is 0 Å². The molecule has 2 aromatic heterocycles. The molecular formula is C16H22ClN5O2. The summed E-state index contributed by atoms with van der Waals surface area (Å²) in [5.41, 5.74) is 1.04. The van der Waals surface area contributed by atoms with E-state index in [9.17, 15) is 0 Å². The Labute approximate surface area is 146 Å². The standard InChI is InChI=1S/C16H22ClN5O2/c1-12(23-2)16-19-15(24-20-16)11-21-6-3-7-22(9-8-21)14-4-5-18-10-13(14)17/h4-5,10,12H,3,6-9,11H2,1-2H3. The zero-order chi connectivity index (χ0) is 16.9. The van der Waals surface area contributed by atoms with Crippen LogP contribution in [0, 0.1) is 0 Å². The molecule has 1 fully saturated rings. The van der Waals surface area contributed by atoms with Gasteiger partial charge in [-0.25, -0.2) is 0 Å². The maximum absolute atomic E-state index is 6.26. The van der Waals surface area contributed by atoms with Crippen molar-refractivity contribution in [3.63, 3.8) is 0 Å². The second-order valence-electron chi connectivity index (χ2n) is 5.87. The molecule has 3 rings (SSSR count). The highest BCUT2D eigenvalue weighted by Gasteiger charge is 2.20. The van der Waals surface area contributed by atoms with Crippen molar-refractivity contribution in [2.75, 3.05) is 38.2 Å². The molecule has 24 heavy (non-hydrogen) atoms. The van der Waals surface area contributed by atoms with E-state index in [4.69, 9.17) is 20.9 Å². The van der Waals surface area contributed by atoms with E-state index in [1.165, 1.54) is 0 Å². The third-order valence-corrected chi connectivity index (χ3v) is 4.53. The van der Waals surface area contributed by atoms with Crippen LogP contribution in [0.25, 0.3) is 0 Å². The smallest absolute Gasteiger partial charge is 0.240 e. The average molecular weight is 352 g/mol. The van der Waals surface area contributed by atoms with Crippen LogP contribution in [0.2, 0.25) is 5.02 Å². The Balaban J connectivity index is 1.60. The van der Waals surface area contributed by atoms with Crippen LogP contribution in [0.4, 0.5) is 5.69 Å². The van der Waals surface area contributed by atoms with E-state index >= 15 is 0 Å². The zero-order valence-electron chi connectivity index (χ0n) is 14.0. The van der Waals surface area contributed by atoms with Crippen molar-refractivity contribution in [1.29, 1.82) is 0 Å². The van der Waals surface area contributed by atoms with Crippen LogP contribution in [0.1, 0.15) is 31.2 Å². The van der Waals surface area contributed by atoms with E-state index in [1.54, 1.807) is 19.5 Å². The minimum Gasteiger partial charge on any atom is -0.374 e. The van der Waals surface area contributed by atoms with Crippen molar-refractivity contribution in [3.8, 4) is 0 Å². The van der Waals surface area contributed by atoms with E-state index in [-0.39, 0.29) is 6.10 Å². The molecule has 1 aliphatic heterocycles. The molecule has 130 valence electrons. The van der Waals surface area contributed by atoms with Gasteiger partial charge >= 0.3 is 0 Å². The molecule has 0 N–H and O–H groups in total. The van der Waals surface area contributed by atoms with Gasteiger partial charge in [-0.15, -0.1) is 0 Å². The first-order valence-electron chi connectivity index (χ1n) is 8.09. The van der Waals surface area contributed by atoms with Gasteiger partial charge in [0.2, 0.25) is 5.89 Å². The molecule has 0 saturated carbocycles. The lowest BCUT2D eigenvalue weighted by atomic mass is 10.3. The molecule has 0 aromatic carbocycles. The lowest BCUT2D eigenvalue weighted by molar-refractivity contribution is 0.109. The summed E-state index contributed by atoms with van der Waals surface area (Å²) in [5, 5.41) is 4.67. The minimum atomic E-state index is -0.157. The van der Waals surface area contributed by atoms with Gasteiger partial charge in [-0.1, -0.05) is 16.8 Å². The second-order valence-corrected chi connectivity index (χ2v) is 6.28. The number of nitrogens with zero attached hydrogens (tertiary/aromatic N) is 5. The number of hydrogen-bond acceptors (Lipinski definition) is 7. The van der Waals surface area contributed by atoms with Gasteiger partial charge in [-0.3, -0.25) is 9.88 Å². The van der Waals surface area contributed by atoms with Crippen LogP contribution in [-0.2, 0) is 11.3 Å². The van der Waals surface area contributed by atoms with E-state index in [1.807, 2.05) is 13.0 Å². The Hall–Kier alpha value is -1.70. The predicted octanol–water partition coefficient (Wildman–Crippen LogP) is 2.54. The molecule has 1 unspecified atom stereocenters. The van der Waals surface area contributed by atoms with E-state index in [0.29, 0.717) is 23.3 Å². The molecule has 3 heterocycles. The largest absolute Gasteiger partial charge is 0.374 e. The van der Waals surface area contributed by atoms with Crippen molar-refractivity contribution in [3.05, 3.63) is 35.2 Å². The van der Waals surface area contributed by atoms with E-state index in [2.05, 4.69) is 24.9 Å². The Bertz CT molecular complexity index is 665. The van der Waals surface area contributed by atoms with Crippen LogP contribution in [0.15, 0.2) is 23.0 Å². The molecule has 0 radical (unpaired) electrons. The topological polar surface area (TPSA) is 67.5 Å². The number of pyridine rings is 1. The highest BCUT2D eigenvalue weighted by Crippen LogP contribution is 2.25. The van der Waals surface area contributed by atoms with Gasteiger partial charge in [0.05, 0.1) is 17.3 Å². The molecule has 1 saturated heterocycles. The lowest BCUT2D eigenvalue weighted by Crippen LogP contribution is -2.30. The predicted molar refractivity (Wildman–Crippen MR) is 91.1 cm³/mol. The molecule has 0 spiro atoms. The molecule has 7 nitrogen and oxygen atoms in total. The summed E-state index contributed by atoms with van der Waals surface area (Å²) in [7, 11) is 1.63. The maximum Gasteiger partial charge on any atom is 0.240 e. The highest BCUT2D eigenvalue weighted by molar-refractivity contribution is 6.33. The Morgan fingerprint density at radius 2 is 2.21 bits per heavy atom. The fraction of sp³-hybridized carbons (Fsp3) is 0.562. The number of hydrogen-bond donors (Lipinski definition) is 0. The first-order chi connectivity index (χ1) is 11.7. The summed E-state index contributed by atoms with van der Waals surface area (Å²) >= 11 is 6.26. The Morgan fingerprint density at radius 1 is 1.33 bits per heavy atom. The Morgan fingerprint density at radius 3 is 3.00 bits per heavy atom. The number of methoxy groups -OCH3 is 1. The van der Waals surface area contributed by atoms with Crippen molar-refractivity contribution in [2.45, 2.75) is 26.0 Å². The first kappa shape index (κ1) is 17.1. The molecule has 1 aliphatic rings. The molecule has 0 aliphatic carbocycles. The number of ether oxygens (including phenoxy) is 1. The molecule has 0 bridgehead atoms. The second kappa shape index (κ2) is 7.92. The average Bonchev–Trinajstić information content (AvgIpc) is 2.94. The number of anilines is 1. The lowest BCUT2D eigenvalue weighted by Gasteiger charge is -2.23. The summed E-state index contributed by atoms with van der Waals surface area (Å²) in [6, 6.07) is 1.97. The molecule has 1 atom stereocenters. The summed E-state index contributed by atoms with van der Waals surface area (Å²) < 4.78 is 10.5. The van der Waals surface area contributed by atoms with Crippen LogP contribution in [0.5, 0.6) is 0 Å². The van der Waals surface area contributed by atoms with Crippen LogP contribution < -0.4 is 4.90 Å². The molecule has 8 heteroatoms. The van der Waals surface area contributed by atoms with Crippen molar-refractivity contribution < 1.29 is 9.26 Å². The number of halogens is 1. The first-order valence-corrected chi connectivity index (χ1v) is 8.47. The third-order valence-electron chi connectivity index (χ3n) is 4.24. The molecule has 2 aromatic rings. The molecule has 0 amide bonds. The van der Waals surface area contributed by atoms with Crippen molar-refractivity contribution in [1.82, 2.24) is 20.0 Å². The Kier molecular flexibility index (Phi) is 5.65. The highest BCUT2D eigenvalue weighted by atomic mass is 35.5. The maximum atomic E-state index is 6.26. The normalized spacial score (nSPS) is 17.7. The van der Waals surface area contributed by atoms with E-state index < -0.39 is 0 Å². The number of rotatable bonds is 5. The van der Waals surface area contributed by atoms with Crippen molar-refractivity contribution >= 4 is 17.3 Å². The minimum absolute atomic E-state index is 0.157. The monoisotopic (exact) mass is 351 g/mol. The van der Waals surface area contributed by atoms with Gasteiger partial charge in [-0.05, 0) is 19.4 Å². The zero-order valence-corrected chi connectivity index (χ0v) is 14.7. The van der Waals surface area contributed by atoms with Crippen LogP contribution in [-0.4, -0.2) is 53.3 Å². The van der Waals surface area contributed by atoms with E-state index in [0.717, 1.165) is 38.3 Å². The molecular weight excluding hydrogens is 330 g/mol. The summed E-state index contributed by atoms with van der Waals surface area (Å²) in [4.78, 5) is 13.1. The van der Waals surface area contributed by atoms with Crippen LogP contribution >= 0.6 is 11.6 Å². The quantitative estimate of drug-likeness (QED) is 0.819. The fourth-order valence-electron chi connectivity index (χ4n) is 2.79. The SMILES string of the molecule is COC(C)c1noc(CN2CCCN(c3ccncc3Cl)CC2)n1. The summed E-state index contributed by atoms with van der Waals surface area (Å²) in [6.07, 6.45) is 4.36. The van der Waals surface area contributed by atoms with Gasteiger partial charge in [0.15, 0.2) is 5.82 Å². The van der Waals surface area contributed by atoms with Crippen molar-refractivity contribution in [2.24, 2.45) is 0 Å². The summed E-state index contributed by atoms with van der Waals surface area (Å²) in [6.45, 7) is 6.32. The van der Waals surface area contributed by atoms with Gasteiger partial charge in [-0.2, -0.15) is 4.98 Å². The third kappa shape index (κ3) is 4.03. The number of aromatic nitrogens is 3. The van der Waals surface area contributed by atoms with Gasteiger partial charge in [0.1, 0.15) is 6.10 Å². The summed E-state index contributed by atoms with van der Waals surface area (Å²) in [5.74, 6) is 1.22. The van der Waals surface area contributed by atoms with Gasteiger partial charge in [0.25, 0.3) is 0 Å². The van der Waals surface area contributed by atoms with Gasteiger partial charge < -0.3 is 14.2 Å². The fourth-order valence-corrected chi connectivity index (χ4v) is 3.03.